The average Bonchev–Trinajstić information content (AvgIpc) is 2.99. The Morgan fingerprint density at radius 2 is 1.96 bits per heavy atom. The van der Waals surface area contributed by atoms with Gasteiger partial charge in [0.15, 0.2) is 5.78 Å². The number of aromatic nitrogens is 1. The highest BCUT2D eigenvalue weighted by Gasteiger charge is 2.54. The molecule has 4 atom stereocenters. The lowest BCUT2D eigenvalue weighted by Gasteiger charge is -2.56. The van der Waals surface area contributed by atoms with Crippen molar-refractivity contribution in [1.29, 1.82) is 0 Å². The number of ketones is 1. The molecule has 1 aromatic rings. The van der Waals surface area contributed by atoms with Crippen LogP contribution in [0.4, 0.5) is 0 Å². The van der Waals surface area contributed by atoms with E-state index in [0.717, 1.165) is 31.2 Å². The summed E-state index contributed by atoms with van der Waals surface area (Å²) in [5.74, 6) is 1.62. The Morgan fingerprint density at radius 1 is 1.11 bits per heavy atom. The van der Waals surface area contributed by atoms with Crippen molar-refractivity contribution in [1.82, 2.24) is 4.98 Å². The number of hydrogen-bond acceptors (Lipinski definition) is 2. The van der Waals surface area contributed by atoms with Gasteiger partial charge in [-0.15, -0.1) is 0 Å². The van der Waals surface area contributed by atoms with E-state index >= 15 is 0 Å². The van der Waals surface area contributed by atoms with Gasteiger partial charge in [-0.2, -0.15) is 0 Å². The number of carbonyl (C=O) groups excluding carboxylic acids is 1. The van der Waals surface area contributed by atoms with Gasteiger partial charge in [0.25, 0.3) is 0 Å². The lowest BCUT2D eigenvalue weighted by molar-refractivity contribution is -0.116. The molecule has 2 nitrogen and oxygen atoms in total. The highest BCUT2D eigenvalue weighted by atomic mass is 35.5. The van der Waals surface area contributed by atoms with Crippen molar-refractivity contribution in [3.05, 3.63) is 58.4 Å². The highest BCUT2D eigenvalue weighted by molar-refractivity contribution is 6.30. The van der Waals surface area contributed by atoms with Crippen molar-refractivity contribution >= 4 is 23.0 Å². The number of rotatable bonds is 1. The Kier molecular flexibility index (Phi) is 3.82. The minimum atomic E-state index is 0.0928. The molecule has 0 radical (unpaired) electrons. The SMILES string of the molecule is C[C@]12CCC3C(CCC4=CC(=O)CC[C@@]43C)C1=CC=C2c1cncc(Cl)c1. The third-order valence-corrected chi connectivity index (χ3v) is 8.23. The zero-order valence-corrected chi connectivity index (χ0v) is 16.9. The molecule has 3 heteroatoms. The first-order valence-electron chi connectivity index (χ1n) is 10.2. The van der Waals surface area contributed by atoms with Crippen LogP contribution in [0.5, 0.6) is 0 Å². The number of carbonyl (C=O) groups is 1. The maximum Gasteiger partial charge on any atom is 0.155 e. The number of allylic oxidation sites excluding steroid dienone is 6. The number of pyridine rings is 1. The second-order valence-electron chi connectivity index (χ2n) is 9.27. The molecule has 1 aromatic heterocycles. The van der Waals surface area contributed by atoms with Crippen LogP contribution in [0.15, 0.2) is 47.8 Å². The van der Waals surface area contributed by atoms with Gasteiger partial charge in [0.1, 0.15) is 0 Å². The highest BCUT2D eigenvalue weighted by Crippen LogP contribution is 2.65. The molecule has 2 saturated carbocycles. The minimum absolute atomic E-state index is 0.0928. The van der Waals surface area contributed by atoms with Crippen LogP contribution in [0.25, 0.3) is 5.57 Å². The van der Waals surface area contributed by atoms with E-state index in [1.807, 2.05) is 18.3 Å². The van der Waals surface area contributed by atoms with E-state index in [4.69, 9.17) is 11.6 Å². The molecule has 2 unspecified atom stereocenters. The van der Waals surface area contributed by atoms with E-state index < -0.39 is 0 Å². The second-order valence-corrected chi connectivity index (χ2v) is 9.71. The summed E-state index contributed by atoms with van der Waals surface area (Å²) in [6.07, 6.45) is 16.7. The van der Waals surface area contributed by atoms with E-state index in [0.29, 0.717) is 22.6 Å². The predicted molar refractivity (Wildman–Crippen MR) is 109 cm³/mol. The van der Waals surface area contributed by atoms with Crippen LogP contribution >= 0.6 is 11.6 Å². The number of fused-ring (bicyclic) bond motifs is 5. The van der Waals surface area contributed by atoms with Crippen LogP contribution in [0, 0.1) is 22.7 Å². The molecule has 4 aliphatic rings. The Labute approximate surface area is 166 Å². The van der Waals surface area contributed by atoms with Gasteiger partial charge < -0.3 is 0 Å². The minimum Gasteiger partial charge on any atom is -0.295 e. The van der Waals surface area contributed by atoms with Crippen molar-refractivity contribution in [2.45, 2.75) is 52.4 Å². The lowest BCUT2D eigenvalue weighted by atomic mass is 9.48. The van der Waals surface area contributed by atoms with Crippen LogP contribution in [0.2, 0.25) is 5.02 Å². The molecular weight excluding hydrogens is 354 g/mol. The fourth-order valence-electron chi connectivity index (χ4n) is 6.53. The zero-order valence-electron chi connectivity index (χ0n) is 16.1. The molecule has 0 saturated heterocycles. The van der Waals surface area contributed by atoms with Gasteiger partial charge >= 0.3 is 0 Å². The van der Waals surface area contributed by atoms with Gasteiger partial charge in [0, 0.05) is 24.2 Å². The summed E-state index contributed by atoms with van der Waals surface area (Å²) in [4.78, 5) is 16.3. The Morgan fingerprint density at radius 3 is 2.78 bits per heavy atom. The van der Waals surface area contributed by atoms with Gasteiger partial charge in [-0.05, 0) is 72.6 Å². The lowest BCUT2D eigenvalue weighted by Crippen LogP contribution is -2.47. The number of nitrogens with zero attached hydrogens (tertiary/aromatic N) is 1. The number of hydrogen-bond donors (Lipinski definition) is 0. The average molecular weight is 380 g/mol. The van der Waals surface area contributed by atoms with E-state index in [2.05, 4.69) is 31.0 Å². The molecular formula is C24H26ClNO. The molecule has 2 fully saturated rings. The first-order valence-corrected chi connectivity index (χ1v) is 10.6. The monoisotopic (exact) mass is 379 g/mol. The van der Waals surface area contributed by atoms with Crippen LogP contribution in [-0.2, 0) is 4.79 Å². The largest absolute Gasteiger partial charge is 0.295 e. The Hall–Kier alpha value is -1.67. The molecule has 140 valence electrons. The van der Waals surface area contributed by atoms with Gasteiger partial charge in [-0.25, -0.2) is 0 Å². The van der Waals surface area contributed by atoms with E-state index in [9.17, 15) is 4.79 Å². The van der Waals surface area contributed by atoms with E-state index in [-0.39, 0.29) is 10.8 Å². The van der Waals surface area contributed by atoms with Crippen molar-refractivity contribution in [2.75, 3.05) is 0 Å². The first kappa shape index (κ1) is 17.4. The van der Waals surface area contributed by atoms with Crippen LogP contribution < -0.4 is 0 Å². The van der Waals surface area contributed by atoms with Crippen molar-refractivity contribution < 1.29 is 4.79 Å². The van der Waals surface area contributed by atoms with Gasteiger partial charge in [-0.1, -0.05) is 48.7 Å². The first-order chi connectivity index (χ1) is 12.9. The van der Waals surface area contributed by atoms with Crippen molar-refractivity contribution in [3.63, 3.8) is 0 Å². The number of halogens is 1. The molecule has 27 heavy (non-hydrogen) atoms. The maximum atomic E-state index is 12.0. The molecule has 0 aromatic carbocycles. The molecule has 0 bridgehead atoms. The van der Waals surface area contributed by atoms with E-state index in [1.54, 1.807) is 11.8 Å². The summed E-state index contributed by atoms with van der Waals surface area (Å²) in [5.41, 5.74) is 5.85. The summed E-state index contributed by atoms with van der Waals surface area (Å²) >= 11 is 6.22. The molecule has 0 amide bonds. The standard InChI is InChI=1S/C24H26ClNO/c1-23-9-7-18(27)12-16(23)3-4-19-21-6-5-20(15-11-17(25)14-26-13-15)24(21,2)10-8-22(19)23/h5-6,11-14,19,22H,3-4,7-10H2,1-2H3/t19?,22?,23-,24+/m0/s1. The summed E-state index contributed by atoms with van der Waals surface area (Å²) in [7, 11) is 0. The smallest absolute Gasteiger partial charge is 0.155 e. The topological polar surface area (TPSA) is 30.0 Å². The van der Waals surface area contributed by atoms with Gasteiger partial charge in [-0.3, -0.25) is 9.78 Å². The summed E-state index contributed by atoms with van der Waals surface area (Å²) in [5, 5.41) is 0.700. The molecule has 0 aliphatic heterocycles. The predicted octanol–water partition coefficient (Wildman–Crippen LogP) is 6.18. The van der Waals surface area contributed by atoms with Crippen LogP contribution in [-0.4, -0.2) is 10.8 Å². The third-order valence-electron chi connectivity index (χ3n) is 8.02. The summed E-state index contributed by atoms with van der Waals surface area (Å²) < 4.78 is 0. The molecule has 4 aliphatic carbocycles. The summed E-state index contributed by atoms with van der Waals surface area (Å²) in [6, 6.07) is 2.05. The molecule has 1 heterocycles. The van der Waals surface area contributed by atoms with Crippen LogP contribution in [0.3, 0.4) is 0 Å². The quantitative estimate of drug-likeness (QED) is 0.583. The van der Waals surface area contributed by atoms with Crippen molar-refractivity contribution in [3.8, 4) is 0 Å². The van der Waals surface area contributed by atoms with Crippen molar-refractivity contribution in [2.24, 2.45) is 22.7 Å². The summed E-state index contributed by atoms with van der Waals surface area (Å²) in [6.45, 7) is 4.84. The normalized spacial score (nSPS) is 37.6. The van der Waals surface area contributed by atoms with Gasteiger partial charge in [0.2, 0.25) is 0 Å². The maximum absolute atomic E-state index is 12.0. The Bertz CT molecular complexity index is 926. The fraction of sp³-hybridized carbons (Fsp3) is 0.500. The van der Waals surface area contributed by atoms with Crippen LogP contribution in [0.1, 0.15) is 57.9 Å². The van der Waals surface area contributed by atoms with Gasteiger partial charge in [0.05, 0.1) is 5.02 Å². The molecule has 5 rings (SSSR count). The second kappa shape index (κ2) is 5.91. The third kappa shape index (κ3) is 2.45. The fourth-order valence-corrected chi connectivity index (χ4v) is 6.70. The van der Waals surface area contributed by atoms with E-state index in [1.165, 1.54) is 24.0 Å². The Balaban J connectivity index is 1.50. The molecule has 0 spiro atoms. The molecule has 0 N–H and O–H groups in total. The zero-order chi connectivity index (χ0) is 18.8.